The molecular weight excluding hydrogens is 318 g/mol. The maximum Gasteiger partial charge on any atom is 0.287 e. The number of ether oxygens (including phenoxy) is 1. The number of thioether (sulfide) groups is 2. The van der Waals surface area contributed by atoms with Gasteiger partial charge < -0.3 is 14.5 Å². The lowest BCUT2D eigenvalue weighted by atomic mass is 9.94. The molecule has 0 unspecified atom stereocenters. The van der Waals surface area contributed by atoms with Gasteiger partial charge in [-0.15, -0.1) is 23.5 Å². The summed E-state index contributed by atoms with van der Waals surface area (Å²) in [6.07, 6.45) is 3.26. The van der Waals surface area contributed by atoms with E-state index in [1.807, 2.05) is 37.4 Å². The van der Waals surface area contributed by atoms with Crippen LogP contribution < -0.4 is 5.32 Å². The van der Waals surface area contributed by atoms with E-state index >= 15 is 0 Å². The first-order valence-corrected chi connectivity index (χ1v) is 9.75. The fourth-order valence-corrected chi connectivity index (χ4v) is 6.95. The van der Waals surface area contributed by atoms with E-state index in [4.69, 9.17) is 9.15 Å². The number of hydrogen-bond donors (Lipinski definition) is 1. The second-order valence-electron chi connectivity index (χ2n) is 5.99. The molecule has 1 fully saturated rings. The molecule has 0 saturated carbocycles. The lowest BCUT2D eigenvalue weighted by molar-refractivity contribution is 0.0875. The molecule has 1 aliphatic carbocycles. The number of fused-ring (bicyclic) bond motifs is 2. The maximum atomic E-state index is 12.5. The van der Waals surface area contributed by atoms with Crippen molar-refractivity contribution in [2.24, 2.45) is 0 Å². The zero-order valence-electron chi connectivity index (χ0n) is 13.4. The highest BCUT2D eigenvalue weighted by Crippen LogP contribution is 2.59. The number of carbonyl (C=O) groups excluding carboxylic acids is 1. The Morgan fingerprint density at radius 1 is 1.45 bits per heavy atom. The van der Waals surface area contributed by atoms with E-state index in [-0.39, 0.29) is 16.0 Å². The van der Waals surface area contributed by atoms with Crippen LogP contribution in [0.3, 0.4) is 0 Å². The van der Waals surface area contributed by atoms with Gasteiger partial charge in [-0.3, -0.25) is 4.79 Å². The summed E-state index contributed by atoms with van der Waals surface area (Å²) >= 11 is 4.04. The van der Waals surface area contributed by atoms with Crippen LogP contribution in [0, 0.1) is 6.92 Å². The number of amides is 1. The molecule has 1 spiro atoms. The summed E-state index contributed by atoms with van der Waals surface area (Å²) in [4.78, 5) is 12.5. The normalized spacial score (nSPS) is 20.9. The summed E-state index contributed by atoms with van der Waals surface area (Å²) in [5.74, 6) is 3.75. The Morgan fingerprint density at radius 3 is 2.86 bits per heavy atom. The summed E-state index contributed by atoms with van der Waals surface area (Å²) in [7, 11) is 1.64. The standard InChI is InChI=1S/C16H23NO3S2/c1-10(9-19-3)17-15(18)14-11(2)13-12(20-14)5-4-6-16(13)21-7-8-22-16/h10H,4-9H2,1-3H3,(H,17,18)/t10-/m1/s1. The van der Waals surface area contributed by atoms with Gasteiger partial charge in [0, 0.05) is 42.2 Å². The first kappa shape index (κ1) is 16.3. The van der Waals surface area contributed by atoms with Gasteiger partial charge >= 0.3 is 0 Å². The minimum absolute atomic E-state index is 0.0248. The van der Waals surface area contributed by atoms with Crippen molar-refractivity contribution in [3.05, 3.63) is 22.6 Å². The molecule has 1 atom stereocenters. The van der Waals surface area contributed by atoms with Gasteiger partial charge in [0.15, 0.2) is 5.76 Å². The van der Waals surface area contributed by atoms with E-state index in [1.54, 1.807) is 7.11 Å². The molecule has 4 nitrogen and oxygen atoms in total. The zero-order chi connectivity index (χ0) is 15.7. The van der Waals surface area contributed by atoms with Crippen LogP contribution in [0.5, 0.6) is 0 Å². The van der Waals surface area contributed by atoms with Gasteiger partial charge in [0.1, 0.15) is 5.76 Å². The summed E-state index contributed by atoms with van der Waals surface area (Å²) < 4.78 is 11.2. The van der Waals surface area contributed by atoms with Crippen LogP contribution in [-0.4, -0.2) is 37.2 Å². The van der Waals surface area contributed by atoms with E-state index in [9.17, 15) is 4.79 Å². The van der Waals surface area contributed by atoms with Crippen molar-refractivity contribution in [1.82, 2.24) is 5.32 Å². The van der Waals surface area contributed by atoms with Crippen LogP contribution in [0.4, 0.5) is 0 Å². The SMILES string of the molecule is COC[C@@H](C)NC(=O)c1oc2c(c1C)C1(CCC2)SCCS1. The Kier molecular flexibility index (Phi) is 4.80. The molecule has 2 heterocycles. The first-order chi connectivity index (χ1) is 10.6. The summed E-state index contributed by atoms with van der Waals surface area (Å²) in [5, 5.41) is 2.95. The van der Waals surface area contributed by atoms with Gasteiger partial charge in [0.25, 0.3) is 5.91 Å². The Labute approximate surface area is 140 Å². The molecule has 2 aliphatic rings. The molecule has 1 aromatic rings. The zero-order valence-corrected chi connectivity index (χ0v) is 15.0. The fourth-order valence-electron chi connectivity index (χ4n) is 3.40. The van der Waals surface area contributed by atoms with Crippen LogP contribution in [0.2, 0.25) is 0 Å². The highest BCUT2D eigenvalue weighted by atomic mass is 32.2. The number of hydrogen-bond acceptors (Lipinski definition) is 5. The summed E-state index contributed by atoms with van der Waals surface area (Å²) in [5.41, 5.74) is 2.31. The van der Waals surface area contributed by atoms with Gasteiger partial charge in [-0.1, -0.05) is 0 Å². The number of carbonyl (C=O) groups is 1. The minimum atomic E-state index is -0.125. The molecule has 1 saturated heterocycles. The van der Waals surface area contributed by atoms with E-state index in [2.05, 4.69) is 5.32 Å². The molecule has 22 heavy (non-hydrogen) atoms. The van der Waals surface area contributed by atoms with Gasteiger partial charge in [-0.2, -0.15) is 0 Å². The van der Waals surface area contributed by atoms with E-state index in [1.165, 1.54) is 23.5 Å². The monoisotopic (exact) mass is 341 g/mol. The lowest BCUT2D eigenvalue weighted by Crippen LogP contribution is -2.35. The molecule has 0 bridgehead atoms. The fraction of sp³-hybridized carbons (Fsp3) is 0.688. The van der Waals surface area contributed by atoms with Gasteiger partial charge in [-0.25, -0.2) is 0 Å². The van der Waals surface area contributed by atoms with Gasteiger partial charge in [0.2, 0.25) is 0 Å². The van der Waals surface area contributed by atoms with Crippen molar-refractivity contribution >= 4 is 29.4 Å². The smallest absolute Gasteiger partial charge is 0.287 e. The Hall–Kier alpha value is -0.590. The minimum Gasteiger partial charge on any atom is -0.455 e. The van der Waals surface area contributed by atoms with Crippen LogP contribution in [0.1, 0.15) is 47.2 Å². The third-order valence-electron chi connectivity index (χ3n) is 4.26. The van der Waals surface area contributed by atoms with Crippen molar-refractivity contribution in [2.45, 2.75) is 43.2 Å². The van der Waals surface area contributed by atoms with Crippen molar-refractivity contribution in [2.75, 3.05) is 25.2 Å². The average molecular weight is 341 g/mol. The van der Waals surface area contributed by atoms with Crippen LogP contribution in [0.15, 0.2) is 4.42 Å². The molecule has 3 rings (SSSR count). The highest BCUT2D eigenvalue weighted by molar-refractivity contribution is 8.20. The van der Waals surface area contributed by atoms with E-state index in [0.29, 0.717) is 12.4 Å². The molecule has 122 valence electrons. The highest BCUT2D eigenvalue weighted by Gasteiger charge is 2.45. The van der Waals surface area contributed by atoms with E-state index in [0.717, 1.165) is 24.2 Å². The third-order valence-corrected chi connectivity index (χ3v) is 7.80. The molecule has 6 heteroatoms. The quantitative estimate of drug-likeness (QED) is 0.910. The van der Waals surface area contributed by atoms with Crippen LogP contribution in [-0.2, 0) is 15.2 Å². The summed E-state index contributed by atoms with van der Waals surface area (Å²) in [6, 6.07) is -0.0248. The number of aryl methyl sites for hydroxylation is 1. The number of nitrogens with one attached hydrogen (secondary N) is 1. The first-order valence-electron chi connectivity index (χ1n) is 7.78. The maximum absolute atomic E-state index is 12.5. The lowest BCUT2D eigenvalue weighted by Gasteiger charge is -2.31. The van der Waals surface area contributed by atoms with Crippen molar-refractivity contribution in [3.8, 4) is 0 Å². The third kappa shape index (κ3) is 2.81. The molecular formula is C16H23NO3S2. The van der Waals surface area contributed by atoms with Crippen molar-refractivity contribution in [3.63, 3.8) is 0 Å². The van der Waals surface area contributed by atoms with Gasteiger partial charge in [0.05, 0.1) is 10.7 Å². The Bertz CT molecular complexity index is 564. The molecule has 0 radical (unpaired) electrons. The molecule has 1 aliphatic heterocycles. The largest absolute Gasteiger partial charge is 0.455 e. The Balaban J connectivity index is 1.89. The molecule has 1 N–H and O–H groups in total. The second-order valence-corrected chi connectivity index (χ2v) is 9.03. The molecule has 1 amide bonds. The topological polar surface area (TPSA) is 51.5 Å². The second kappa shape index (κ2) is 6.49. The van der Waals surface area contributed by atoms with Crippen LogP contribution >= 0.6 is 23.5 Å². The summed E-state index contributed by atoms with van der Waals surface area (Å²) in [6.45, 7) is 4.47. The van der Waals surface area contributed by atoms with Crippen molar-refractivity contribution < 1.29 is 13.9 Å². The predicted molar refractivity (Wildman–Crippen MR) is 91.8 cm³/mol. The Morgan fingerprint density at radius 2 is 2.18 bits per heavy atom. The van der Waals surface area contributed by atoms with Crippen molar-refractivity contribution in [1.29, 1.82) is 0 Å². The number of furan rings is 1. The average Bonchev–Trinajstić information content (AvgIpc) is 3.06. The predicted octanol–water partition coefficient (Wildman–Crippen LogP) is 3.32. The van der Waals surface area contributed by atoms with E-state index < -0.39 is 0 Å². The van der Waals surface area contributed by atoms with Crippen LogP contribution in [0.25, 0.3) is 0 Å². The number of rotatable bonds is 4. The number of methoxy groups -OCH3 is 1. The molecule has 0 aromatic carbocycles. The molecule has 1 aromatic heterocycles. The van der Waals surface area contributed by atoms with Gasteiger partial charge in [-0.05, 0) is 26.7 Å².